The zero-order valence-corrected chi connectivity index (χ0v) is 14.3. The molecule has 0 saturated carbocycles. The topological polar surface area (TPSA) is 136 Å². The van der Waals surface area contributed by atoms with E-state index >= 15 is 0 Å². The van der Waals surface area contributed by atoms with E-state index < -0.39 is 28.8 Å². The molecule has 4 N–H and O–H groups in total. The van der Waals surface area contributed by atoms with Crippen LogP contribution in [0.15, 0.2) is 24.5 Å². The van der Waals surface area contributed by atoms with E-state index in [1.165, 1.54) is 18.3 Å². The number of hydrogen-bond donors (Lipinski definition) is 4. The van der Waals surface area contributed by atoms with Gasteiger partial charge in [-0.3, -0.25) is 9.12 Å². The van der Waals surface area contributed by atoms with Gasteiger partial charge in [-0.05, 0) is 13.0 Å². The smallest absolute Gasteiger partial charge is 0.375 e. The zero-order valence-electron chi connectivity index (χ0n) is 10.4. The molecule has 1 heterocycles. The van der Waals surface area contributed by atoms with E-state index in [2.05, 4.69) is 0 Å². The van der Waals surface area contributed by atoms with Gasteiger partial charge in [0.2, 0.25) is 0 Å². The molecule has 0 aliphatic heterocycles. The molecule has 0 aliphatic carbocycles. The SMILES string of the molecule is CC[n+]1cccc(CC(O)(P(=O)(O)O)S(=O)(=O)O)c1.[I-]. The summed E-state index contributed by atoms with van der Waals surface area (Å²) >= 11 is 0. The highest BCUT2D eigenvalue weighted by molar-refractivity contribution is 7.94. The van der Waals surface area contributed by atoms with E-state index in [-0.39, 0.29) is 29.5 Å². The van der Waals surface area contributed by atoms with Crippen molar-refractivity contribution in [2.24, 2.45) is 0 Å². The summed E-state index contributed by atoms with van der Waals surface area (Å²) in [5, 5.41) is 9.69. The summed E-state index contributed by atoms with van der Waals surface area (Å²) in [6.45, 7) is 2.36. The Hall–Kier alpha value is -0.100. The predicted molar refractivity (Wildman–Crippen MR) is 64.6 cm³/mol. The minimum absolute atomic E-state index is 0. The second kappa shape index (κ2) is 6.77. The van der Waals surface area contributed by atoms with Gasteiger partial charge in [-0.15, -0.1) is 0 Å². The number of nitrogens with zero attached hydrogens (tertiary/aromatic N) is 1. The van der Waals surface area contributed by atoms with Crippen molar-refractivity contribution in [1.82, 2.24) is 0 Å². The molecule has 1 unspecified atom stereocenters. The third-order valence-corrected chi connectivity index (χ3v) is 6.03. The molecule has 11 heteroatoms. The van der Waals surface area contributed by atoms with Crippen LogP contribution >= 0.6 is 7.60 Å². The molecule has 8 nitrogen and oxygen atoms in total. The number of rotatable bonds is 5. The highest BCUT2D eigenvalue weighted by Crippen LogP contribution is 2.53. The first-order chi connectivity index (χ1) is 8.51. The highest BCUT2D eigenvalue weighted by atomic mass is 127. The van der Waals surface area contributed by atoms with Gasteiger partial charge in [0.25, 0.3) is 4.67 Å². The van der Waals surface area contributed by atoms with Crippen molar-refractivity contribution in [3.63, 3.8) is 0 Å². The molecular formula is C9H15INO7PS. The van der Waals surface area contributed by atoms with Crippen LogP contribution in [-0.2, 0) is 27.6 Å². The Kier molecular flexibility index (Phi) is 6.74. The molecule has 0 aromatic carbocycles. The lowest BCUT2D eigenvalue weighted by molar-refractivity contribution is -0.694. The van der Waals surface area contributed by atoms with Crippen LogP contribution in [0.3, 0.4) is 0 Å². The number of halogens is 1. The third-order valence-electron chi connectivity index (χ3n) is 2.59. The Morgan fingerprint density at radius 1 is 1.40 bits per heavy atom. The highest BCUT2D eigenvalue weighted by Gasteiger charge is 2.56. The second-order valence-corrected chi connectivity index (χ2v) is 7.74. The summed E-state index contributed by atoms with van der Waals surface area (Å²) in [5.74, 6) is 0. The van der Waals surface area contributed by atoms with Crippen LogP contribution in [0.5, 0.6) is 0 Å². The van der Waals surface area contributed by atoms with Gasteiger partial charge < -0.3 is 38.9 Å². The lowest BCUT2D eigenvalue weighted by Gasteiger charge is -2.24. The van der Waals surface area contributed by atoms with Crippen molar-refractivity contribution in [3.8, 4) is 0 Å². The molecule has 20 heavy (non-hydrogen) atoms. The van der Waals surface area contributed by atoms with E-state index in [1.807, 2.05) is 6.92 Å². The Labute approximate surface area is 133 Å². The summed E-state index contributed by atoms with van der Waals surface area (Å²) in [6, 6.07) is 2.92. The van der Waals surface area contributed by atoms with Crippen molar-refractivity contribution in [3.05, 3.63) is 30.1 Å². The van der Waals surface area contributed by atoms with Crippen molar-refractivity contribution >= 4 is 17.7 Å². The van der Waals surface area contributed by atoms with Gasteiger partial charge in [-0.2, -0.15) is 8.42 Å². The molecule has 0 saturated heterocycles. The molecule has 0 spiro atoms. The lowest BCUT2D eigenvalue weighted by atomic mass is 10.2. The first-order valence-corrected chi connectivity index (χ1v) is 8.29. The number of pyridine rings is 1. The molecule has 0 aliphatic rings. The first-order valence-electron chi connectivity index (χ1n) is 5.24. The van der Waals surface area contributed by atoms with Crippen LogP contribution in [-0.4, -0.2) is 32.5 Å². The quantitative estimate of drug-likeness (QED) is 0.160. The van der Waals surface area contributed by atoms with Gasteiger partial charge >= 0.3 is 17.7 Å². The van der Waals surface area contributed by atoms with E-state index in [9.17, 15) is 18.1 Å². The van der Waals surface area contributed by atoms with E-state index in [0.29, 0.717) is 6.54 Å². The summed E-state index contributed by atoms with van der Waals surface area (Å²) < 4.78 is 40.2. The Balaban J connectivity index is 0.00000361. The Bertz CT molecular complexity index is 616. The van der Waals surface area contributed by atoms with Gasteiger partial charge in [-0.1, -0.05) is 0 Å². The van der Waals surface area contributed by atoms with Crippen LogP contribution in [0.4, 0.5) is 0 Å². The fourth-order valence-corrected chi connectivity index (χ4v) is 3.43. The summed E-state index contributed by atoms with van der Waals surface area (Å²) in [5.41, 5.74) is 0.160. The average molecular weight is 439 g/mol. The number of hydrogen-bond acceptors (Lipinski definition) is 4. The average Bonchev–Trinajstić information content (AvgIpc) is 2.26. The molecule has 1 aromatic heterocycles. The fourth-order valence-electron chi connectivity index (χ4n) is 1.49. The number of aryl methyl sites for hydroxylation is 1. The molecule has 1 aromatic rings. The van der Waals surface area contributed by atoms with E-state index in [4.69, 9.17) is 14.3 Å². The van der Waals surface area contributed by atoms with Crippen molar-refractivity contribution in [2.45, 2.75) is 24.6 Å². The van der Waals surface area contributed by atoms with Crippen LogP contribution in [0.25, 0.3) is 0 Å². The minimum Gasteiger partial charge on any atom is -1.00 e. The van der Waals surface area contributed by atoms with E-state index in [0.717, 1.165) is 0 Å². The molecule has 1 atom stereocenters. The van der Waals surface area contributed by atoms with Crippen molar-refractivity contribution < 1.29 is 61.0 Å². The Morgan fingerprint density at radius 3 is 2.35 bits per heavy atom. The molecular weight excluding hydrogens is 424 g/mol. The number of aromatic nitrogens is 1. The van der Waals surface area contributed by atoms with Crippen molar-refractivity contribution in [2.75, 3.05) is 0 Å². The minimum atomic E-state index is -5.49. The maximum absolute atomic E-state index is 11.2. The third kappa shape index (κ3) is 4.20. The largest absolute Gasteiger partial charge is 1.00 e. The fraction of sp³-hybridized carbons (Fsp3) is 0.444. The number of aliphatic hydroxyl groups is 1. The zero-order chi connectivity index (χ0) is 14.9. The maximum atomic E-state index is 11.2. The molecule has 116 valence electrons. The van der Waals surface area contributed by atoms with Crippen molar-refractivity contribution in [1.29, 1.82) is 0 Å². The first kappa shape index (κ1) is 19.9. The van der Waals surface area contributed by atoms with Gasteiger partial charge in [0.05, 0.1) is 0 Å². The molecule has 0 amide bonds. The molecule has 0 bridgehead atoms. The standard InChI is InChI=1S/C9H14NO7PS.HI/c1-2-10-5-3-4-8(7-10)6-9(11,18(12,13)14)19(15,16)17;/h3-5,7,11H,2,6H2,1H3,(H2-,12,13,14,15,16,17);1H. The molecule has 0 fully saturated rings. The molecule has 1 rings (SSSR count). The summed E-state index contributed by atoms with van der Waals surface area (Å²) in [6.07, 6.45) is 2.16. The lowest BCUT2D eigenvalue weighted by Crippen LogP contribution is -3.00. The van der Waals surface area contributed by atoms with Crippen LogP contribution in [0.2, 0.25) is 0 Å². The van der Waals surface area contributed by atoms with Gasteiger partial charge in [0.1, 0.15) is 6.54 Å². The summed E-state index contributed by atoms with van der Waals surface area (Å²) in [4.78, 5) is 18.0. The Morgan fingerprint density at radius 2 is 1.95 bits per heavy atom. The normalized spacial score (nSPS) is 15.2. The van der Waals surface area contributed by atoms with Crippen LogP contribution in [0, 0.1) is 0 Å². The summed E-state index contributed by atoms with van der Waals surface area (Å²) in [7, 11) is -10.8. The maximum Gasteiger partial charge on any atom is 0.375 e. The molecule has 0 radical (unpaired) electrons. The van der Waals surface area contributed by atoms with Gasteiger partial charge in [0, 0.05) is 18.1 Å². The van der Waals surface area contributed by atoms with Gasteiger partial charge in [0.15, 0.2) is 12.4 Å². The van der Waals surface area contributed by atoms with Crippen LogP contribution < -0.4 is 28.5 Å². The van der Waals surface area contributed by atoms with E-state index in [1.54, 1.807) is 10.8 Å². The monoisotopic (exact) mass is 439 g/mol. The van der Waals surface area contributed by atoms with Gasteiger partial charge in [-0.25, -0.2) is 4.57 Å². The predicted octanol–water partition coefficient (Wildman–Crippen LogP) is -3.75. The second-order valence-electron chi connectivity index (χ2n) is 3.98. The van der Waals surface area contributed by atoms with Crippen LogP contribution in [0.1, 0.15) is 12.5 Å².